The summed E-state index contributed by atoms with van der Waals surface area (Å²) in [5, 5.41) is 3.70. The first-order valence-electron chi connectivity index (χ1n) is 13.5. The molecule has 2 heterocycles. The molecular weight excluding hydrogens is 502 g/mol. The van der Waals surface area contributed by atoms with Gasteiger partial charge in [0.05, 0.1) is 18.7 Å². The van der Waals surface area contributed by atoms with Crippen LogP contribution in [0.1, 0.15) is 80.0 Å². The van der Waals surface area contributed by atoms with E-state index in [1.807, 2.05) is 38.1 Å². The van der Waals surface area contributed by atoms with Crippen LogP contribution in [-0.2, 0) is 16.0 Å². The zero-order valence-electron chi connectivity index (χ0n) is 22.9. The highest BCUT2D eigenvalue weighted by molar-refractivity contribution is 6.32. The molecule has 0 saturated heterocycles. The highest BCUT2D eigenvalue weighted by atomic mass is 35.5. The number of hydrogen-bond donors (Lipinski definition) is 1. The Labute approximate surface area is 229 Å². The number of carbonyl (C=O) groups excluding carboxylic acids is 2. The molecule has 0 radical (unpaired) electrons. The Kier molecular flexibility index (Phi) is 5.72. The molecule has 1 spiro atoms. The van der Waals surface area contributed by atoms with Crippen LogP contribution < -0.4 is 14.8 Å². The molecule has 2 aromatic carbocycles. The normalized spacial score (nSPS) is 34.8. The third kappa shape index (κ3) is 3.16. The van der Waals surface area contributed by atoms with Crippen LogP contribution in [0.2, 0.25) is 5.02 Å². The highest BCUT2D eigenvalue weighted by Crippen LogP contribution is 2.66. The molecule has 6 rings (SSSR count). The summed E-state index contributed by atoms with van der Waals surface area (Å²) in [7, 11) is 3.25. The van der Waals surface area contributed by atoms with Gasteiger partial charge in [0, 0.05) is 52.0 Å². The molecule has 2 fully saturated rings. The van der Waals surface area contributed by atoms with E-state index >= 15 is 0 Å². The van der Waals surface area contributed by atoms with Crippen molar-refractivity contribution in [1.82, 2.24) is 5.32 Å². The smallest absolute Gasteiger partial charge is 0.252 e. The van der Waals surface area contributed by atoms with Gasteiger partial charge in [0.2, 0.25) is 0 Å². The van der Waals surface area contributed by atoms with Gasteiger partial charge in [-0.15, -0.1) is 0 Å². The quantitative estimate of drug-likeness (QED) is 0.526. The first-order chi connectivity index (χ1) is 18.0. The van der Waals surface area contributed by atoms with Gasteiger partial charge >= 0.3 is 0 Å². The van der Waals surface area contributed by atoms with Crippen LogP contribution in [0.4, 0.5) is 0 Å². The van der Waals surface area contributed by atoms with Crippen molar-refractivity contribution in [2.45, 2.75) is 71.1 Å². The van der Waals surface area contributed by atoms with Crippen LogP contribution in [-0.4, -0.2) is 37.6 Å². The van der Waals surface area contributed by atoms with E-state index in [9.17, 15) is 9.59 Å². The lowest BCUT2D eigenvalue weighted by Crippen LogP contribution is -2.72. The van der Waals surface area contributed by atoms with E-state index in [2.05, 4.69) is 19.2 Å². The van der Waals surface area contributed by atoms with Crippen LogP contribution >= 0.6 is 11.6 Å². The summed E-state index contributed by atoms with van der Waals surface area (Å²) < 4.78 is 18.9. The number of methoxy groups -OCH3 is 2. The number of amides is 1. The molecule has 6 atom stereocenters. The van der Waals surface area contributed by atoms with Gasteiger partial charge in [-0.2, -0.15) is 0 Å². The topological polar surface area (TPSA) is 73.9 Å². The molecule has 6 nitrogen and oxygen atoms in total. The van der Waals surface area contributed by atoms with Gasteiger partial charge in [-0.1, -0.05) is 57.5 Å². The fourth-order valence-corrected chi connectivity index (χ4v) is 8.47. The van der Waals surface area contributed by atoms with E-state index < -0.39 is 23.2 Å². The number of fused-ring (bicyclic) bond motifs is 3. The summed E-state index contributed by atoms with van der Waals surface area (Å²) in [5.74, 6) is 1.69. The lowest BCUT2D eigenvalue weighted by atomic mass is 9.43. The Balaban J connectivity index is 1.60. The summed E-state index contributed by atoms with van der Waals surface area (Å²) in [5.41, 5.74) is 1.59. The number of halogens is 1. The Morgan fingerprint density at radius 3 is 2.55 bits per heavy atom. The van der Waals surface area contributed by atoms with Crippen molar-refractivity contribution in [3.8, 4) is 11.5 Å². The maximum absolute atomic E-state index is 13.6. The first-order valence-corrected chi connectivity index (χ1v) is 13.9. The van der Waals surface area contributed by atoms with Crippen molar-refractivity contribution in [2.75, 3.05) is 14.2 Å². The maximum atomic E-state index is 13.6. The van der Waals surface area contributed by atoms with Crippen LogP contribution in [0, 0.1) is 22.7 Å². The third-order valence-electron chi connectivity index (χ3n) is 10.5. The number of para-hydroxylation sites is 1. The van der Waals surface area contributed by atoms with Crippen molar-refractivity contribution >= 4 is 23.3 Å². The molecule has 202 valence electrons. The monoisotopic (exact) mass is 537 g/mol. The molecule has 2 unspecified atom stereocenters. The first kappa shape index (κ1) is 25.7. The SMILES string of the molecule is COc1ccccc1C1NC(=O)c2cc(Cl)c3c(c21)O[C@@]12CC(OC)C(=O)C(C)(C)[C@@H]1CC[C@H](C)[C@@]2(C)C3. The number of hydrogen-bond acceptors (Lipinski definition) is 5. The molecule has 7 heteroatoms. The molecule has 0 aromatic heterocycles. The average Bonchev–Trinajstić information content (AvgIpc) is 3.22. The number of Topliss-reactive ketones (excluding diaryl/α,β-unsaturated/α-hetero) is 1. The second-order valence-electron chi connectivity index (χ2n) is 12.4. The van der Waals surface area contributed by atoms with Gasteiger partial charge in [0.15, 0.2) is 5.78 Å². The number of nitrogens with one attached hydrogen (secondary N) is 1. The Morgan fingerprint density at radius 2 is 1.84 bits per heavy atom. The van der Waals surface area contributed by atoms with Crippen LogP contribution in [0.5, 0.6) is 11.5 Å². The summed E-state index contributed by atoms with van der Waals surface area (Å²) in [4.78, 5) is 26.8. The predicted molar refractivity (Wildman–Crippen MR) is 145 cm³/mol. The standard InChI is InChI=1S/C31H36ClNO5/c1-16-11-12-23-29(2,3)27(34)22(37-6)15-31(23)30(16,4)14-19-20(32)13-18-24(26(19)38-31)25(33-28(18)35)17-9-7-8-10-21(17)36-5/h7-10,13,16,22-23,25H,11-12,14-15H2,1-6H3,(H,33,35)/t16-,22?,23-,25?,30+,31-/m0/s1. The van der Waals surface area contributed by atoms with E-state index in [0.29, 0.717) is 40.8 Å². The molecule has 2 aliphatic heterocycles. The molecule has 1 N–H and O–H groups in total. The molecule has 38 heavy (non-hydrogen) atoms. The highest BCUT2D eigenvalue weighted by Gasteiger charge is 2.70. The van der Waals surface area contributed by atoms with E-state index in [0.717, 1.165) is 29.5 Å². The van der Waals surface area contributed by atoms with Gasteiger partial charge in [-0.25, -0.2) is 0 Å². The molecule has 0 bridgehead atoms. The number of carbonyl (C=O) groups is 2. The third-order valence-corrected chi connectivity index (χ3v) is 10.9. The van der Waals surface area contributed by atoms with E-state index in [1.54, 1.807) is 20.3 Å². The van der Waals surface area contributed by atoms with Gasteiger partial charge in [-0.3, -0.25) is 9.59 Å². The van der Waals surface area contributed by atoms with Gasteiger partial charge in [0.1, 0.15) is 23.2 Å². The molecule has 2 aliphatic carbocycles. The summed E-state index contributed by atoms with van der Waals surface area (Å²) >= 11 is 6.93. The molecule has 1 amide bonds. The van der Waals surface area contributed by atoms with E-state index in [4.69, 9.17) is 25.8 Å². The maximum Gasteiger partial charge on any atom is 0.252 e. The minimum Gasteiger partial charge on any atom is -0.496 e. The van der Waals surface area contributed by atoms with Crippen LogP contribution in [0.3, 0.4) is 0 Å². The Bertz CT molecular complexity index is 1350. The summed E-state index contributed by atoms with van der Waals surface area (Å²) in [6.07, 6.45) is 2.56. The fraction of sp³-hybridized carbons (Fsp3) is 0.548. The van der Waals surface area contributed by atoms with Gasteiger partial charge in [-0.05, 0) is 37.3 Å². The Morgan fingerprint density at radius 1 is 1.11 bits per heavy atom. The molecule has 2 aromatic rings. The van der Waals surface area contributed by atoms with Crippen molar-refractivity contribution in [1.29, 1.82) is 0 Å². The van der Waals surface area contributed by atoms with Crippen LogP contribution in [0.15, 0.2) is 30.3 Å². The van der Waals surface area contributed by atoms with Crippen molar-refractivity contribution in [2.24, 2.45) is 22.7 Å². The molecule has 4 aliphatic rings. The minimum atomic E-state index is -0.648. The second-order valence-corrected chi connectivity index (χ2v) is 12.8. The zero-order valence-corrected chi connectivity index (χ0v) is 23.7. The predicted octanol–water partition coefficient (Wildman–Crippen LogP) is 5.92. The van der Waals surface area contributed by atoms with Crippen molar-refractivity contribution in [3.05, 3.63) is 57.6 Å². The lowest BCUT2D eigenvalue weighted by Gasteiger charge is -2.66. The molecular formula is C31H36ClNO5. The number of rotatable bonds is 3. The van der Waals surface area contributed by atoms with E-state index in [-0.39, 0.29) is 23.0 Å². The number of ketones is 1. The fourth-order valence-electron chi connectivity index (χ4n) is 8.21. The summed E-state index contributed by atoms with van der Waals surface area (Å²) in [6, 6.07) is 9.09. The lowest BCUT2D eigenvalue weighted by molar-refractivity contribution is -0.226. The number of benzene rings is 2. The van der Waals surface area contributed by atoms with Gasteiger partial charge < -0.3 is 19.5 Å². The van der Waals surface area contributed by atoms with Gasteiger partial charge in [0.25, 0.3) is 5.91 Å². The number of ether oxygens (including phenoxy) is 3. The summed E-state index contributed by atoms with van der Waals surface area (Å²) in [6.45, 7) is 8.69. The largest absolute Gasteiger partial charge is 0.496 e. The van der Waals surface area contributed by atoms with Crippen molar-refractivity contribution in [3.63, 3.8) is 0 Å². The van der Waals surface area contributed by atoms with Crippen molar-refractivity contribution < 1.29 is 23.8 Å². The average molecular weight is 538 g/mol. The minimum absolute atomic E-state index is 0.00709. The zero-order chi connectivity index (χ0) is 27.2. The Hall–Kier alpha value is -2.57. The van der Waals surface area contributed by atoms with E-state index in [1.165, 1.54) is 0 Å². The second kappa shape index (κ2) is 8.46. The molecule has 2 saturated carbocycles. The van der Waals surface area contributed by atoms with Crippen LogP contribution in [0.25, 0.3) is 0 Å².